The van der Waals surface area contributed by atoms with E-state index in [0.29, 0.717) is 11.8 Å². The average Bonchev–Trinajstić information content (AvgIpc) is 2.99. The van der Waals surface area contributed by atoms with Crippen LogP contribution >= 0.6 is 0 Å². The van der Waals surface area contributed by atoms with Crippen molar-refractivity contribution in [3.63, 3.8) is 0 Å². The van der Waals surface area contributed by atoms with E-state index >= 15 is 0 Å². The Labute approximate surface area is 215 Å². The molecule has 0 fully saturated rings. The van der Waals surface area contributed by atoms with Crippen molar-refractivity contribution in [1.82, 2.24) is 19.9 Å². The first-order chi connectivity index (χ1) is 18.3. The number of benzene rings is 4. The molecule has 2 heterocycles. The highest BCUT2D eigenvalue weighted by Gasteiger charge is 2.16. The summed E-state index contributed by atoms with van der Waals surface area (Å²) < 4.78 is 6.14. The highest BCUT2D eigenvalue weighted by atomic mass is 16.5. The summed E-state index contributed by atoms with van der Waals surface area (Å²) in [4.78, 5) is 19.2. The van der Waals surface area contributed by atoms with Crippen molar-refractivity contribution in [1.29, 1.82) is 0 Å². The van der Waals surface area contributed by atoms with Gasteiger partial charge >= 0.3 is 0 Å². The molecular weight excluding hydrogens is 456 g/mol. The zero-order valence-electron chi connectivity index (χ0n) is 19.9. The predicted molar refractivity (Wildman–Crippen MR) is 146 cm³/mol. The summed E-state index contributed by atoms with van der Waals surface area (Å²) in [5.74, 6) is 0.693. The number of nitrogens with zero attached hydrogens (tertiary/aromatic N) is 4. The molecule has 0 atom stereocenters. The van der Waals surface area contributed by atoms with Gasteiger partial charge in [0, 0.05) is 22.3 Å². The van der Waals surface area contributed by atoms with Gasteiger partial charge in [0.2, 0.25) is 11.8 Å². The highest BCUT2D eigenvalue weighted by molar-refractivity contribution is 5.79. The van der Waals surface area contributed by atoms with E-state index < -0.39 is 0 Å². The van der Waals surface area contributed by atoms with E-state index in [9.17, 15) is 0 Å². The summed E-state index contributed by atoms with van der Waals surface area (Å²) in [5, 5.41) is 0. The van der Waals surface area contributed by atoms with Gasteiger partial charge in [0.05, 0.1) is 23.8 Å². The minimum absolute atomic E-state index is 0.347. The zero-order valence-corrected chi connectivity index (χ0v) is 19.9. The van der Waals surface area contributed by atoms with Crippen LogP contribution in [0.3, 0.4) is 0 Å². The molecule has 0 aliphatic rings. The molecule has 176 valence electrons. The Morgan fingerprint density at radius 2 is 0.649 bits per heavy atom. The van der Waals surface area contributed by atoms with E-state index in [2.05, 4.69) is 0 Å². The smallest absolute Gasteiger partial charge is 0.240 e. The highest BCUT2D eigenvalue weighted by Crippen LogP contribution is 2.33. The number of hydrogen-bond acceptors (Lipinski definition) is 5. The van der Waals surface area contributed by atoms with Gasteiger partial charge in [-0.1, -0.05) is 121 Å². The lowest BCUT2D eigenvalue weighted by Crippen LogP contribution is -2.00. The van der Waals surface area contributed by atoms with E-state index in [-0.39, 0.29) is 0 Å². The van der Waals surface area contributed by atoms with Crippen LogP contribution in [0, 0.1) is 0 Å². The molecule has 0 bridgehead atoms. The molecule has 6 aromatic rings. The second-order valence-corrected chi connectivity index (χ2v) is 8.38. The molecule has 0 aliphatic heterocycles. The summed E-state index contributed by atoms with van der Waals surface area (Å²) in [7, 11) is 0. The Kier molecular flexibility index (Phi) is 6.16. The molecule has 0 spiro atoms. The molecule has 2 aromatic heterocycles. The van der Waals surface area contributed by atoms with Gasteiger partial charge in [0.1, 0.15) is 11.4 Å². The molecule has 37 heavy (non-hydrogen) atoms. The Morgan fingerprint density at radius 1 is 0.351 bits per heavy atom. The van der Waals surface area contributed by atoms with E-state index in [1.54, 1.807) is 12.4 Å². The molecule has 0 unspecified atom stereocenters. The Hall–Kier alpha value is -5.16. The van der Waals surface area contributed by atoms with Gasteiger partial charge in [-0.25, -0.2) is 19.9 Å². The normalized spacial score (nSPS) is 10.7. The van der Waals surface area contributed by atoms with Gasteiger partial charge in [-0.3, -0.25) is 0 Å². The Morgan fingerprint density at radius 3 is 0.973 bits per heavy atom. The third-order valence-electron chi connectivity index (χ3n) is 5.90. The van der Waals surface area contributed by atoms with Crippen LogP contribution in [0.5, 0.6) is 11.8 Å². The Bertz CT molecular complexity index is 1500. The molecule has 0 saturated carbocycles. The van der Waals surface area contributed by atoms with E-state index in [1.165, 1.54) is 0 Å². The van der Waals surface area contributed by atoms with Gasteiger partial charge in [-0.05, 0) is 0 Å². The maximum absolute atomic E-state index is 6.14. The molecule has 0 saturated heterocycles. The van der Waals surface area contributed by atoms with Crippen LogP contribution in [0.4, 0.5) is 0 Å². The summed E-state index contributed by atoms with van der Waals surface area (Å²) in [5.41, 5.74) is 6.93. The molecule has 0 amide bonds. The molecular formula is C32H22N4O. The predicted octanol–water partition coefficient (Wildman–Crippen LogP) is 7.73. The van der Waals surface area contributed by atoms with E-state index in [0.717, 1.165) is 45.0 Å². The molecule has 5 heteroatoms. The number of ether oxygens (including phenoxy) is 1. The maximum Gasteiger partial charge on any atom is 0.240 e. The van der Waals surface area contributed by atoms with Crippen molar-refractivity contribution in [2.45, 2.75) is 0 Å². The third-order valence-corrected chi connectivity index (χ3v) is 5.90. The van der Waals surface area contributed by atoms with Gasteiger partial charge in [-0.15, -0.1) is 0 Å². The number of hydrogen-bond donors (Lipinski definition) is 0. The molecule has 0 aliphatic carbocycles. The van der Waals surface area contributed by atoms with Gasteiger partial charge in [-0.2, -0.15) is 0 Å². The van der Waals surface area contributed by atoms with Crippen molar-refractivity contribution in [2.75, 3.05) is 0 Å². The summed E-state index contributed by atoms with van der Waals surface area (Å²) in [6.45, 7) is 0. The Balaban J connectivity index is 1.42. The monoisotopic (exact) mass is 478 g/mol. The van der Waals surface area contributed by atoms with Crippen molar-refractivity contribution in [3.8, 4) is 56.8 Å². The standard InChI is InChI=1S/C32H22N4O/c1-5-13-23(14-6-1)29-31(25-17-9-3-10-18-25)35-27(21-33-29)37-28-22-34-30(24-15-7-2-8-16-24)32(36-28)26-19-11-4-12-20-26/h1-22H. The fourth-order valence-corrected chi connectivity index (χ4v) is 4.16. The first-order valence-electron chi connectivity index (χ1n) is 12.0. The first kappa shape index (κ1) is 22.3. The van der Waals surface area contributed by atoms with Crippen LogP contribution < -0.4 is 4.74 Å². The minimum atomic E-state index is 0.347. The summed E-state index contributed by atoms with van der Waals surface area (Å²) in [6, 6.07) is 40.0. The van der Waals surface area contributed by atoms with Crippen molar-refractivity contribution < 1.29 is 4.74 Å². The van der Waals surface area contributed by atoms with E-state index in [1.807, 2.05) is 121 Å². The van der Waals surface area contributed by atoms with Crippen LogP contribution in [0.2, 0.25) is 0 Å². The molecule has 6 rings (SSSR count). The second-order valence-electron chi connectivity index (χ2n) is 8.38. The van der Waals surface area contributed by atoms with Crippen molar-refractivity contribution in [2.24, 2.45) is 0 Å². The summed E-state index contributed by atoms with van der Waals surface area (Å²) >= 11 is 0. The number of aromatic nitrogens is 4. The fraction of sp³-hybridized carbons (Fsp3) is 0. The number of rotatable bonds is 6. The van der Waals surface area contributed by atoms with Gasteiger partial charge in [0.15, 0.2) is 0 Å². The lowest BCUT2D eigenvalue weighted by Gasteiger charge is -2.13. The van der Waals surface area contributed by atoms with Crippen molar-refractivity contribution >= 4 is 0 Å². The van der Waals surface area contributed by atoms with Crippen LogP contribution in [-0.4, -0.2) is 19.9 Å². The quantitative estimate of drug-likeness (QED) is 0.245. The second kappa shape index (κ2) is 10.2. The molecule has 4 aromatic carbocycles. The fourth-order valence-electron chi connectivity index (χ4n) is 4.16. The molecule has 0 radical (unpaired) electrons. The topological polar surface area (TPSA) is 60.8 Å². The van der Waals surface area contributed by atoms with Gasteiger partial charge < -0.3 is 4.74 Å². The molecule has 0 N–H and O–H groups in total. The average molecular weight is 479 g/mol. The van der Waals surface area contributed by atoms with Gasteiger partial charge in [0.25, 0.3) is 0 Å². The van der Waals surface area contributed by atoms with Crippen LogP contribution in [0.1, 0.15) is 0 Å². The third kappa shape index (κ3) is 4.83. The largest absolute Gasteiger partial charge is 0.417 e. The lowest BCUT2D eigenvalue weighted by atomic mass is 10.0. The van der Waals surface area contributed by atoms with Crippen LogP contribution in [0.25, 0.3) is 45.0 Å². The maximum atomic E-state index is 6.14. The van der Waals surface area contributed by atoms with Crippen LogP contribution in [0.15, 0.2) is 134 Å². The first-order valence-corrected chi connectivity index (χ1v) is 12.0. The summed E-state index contributed by atoms with van der Waals surface area (Å²) in [6.07, 6.45) is 3.26. The SMILES string of the molecule is c1ccc(-c2ncc(Oc3cnc(-c4ccccc4)c(-c4ccccc4)n3)nc2-c2ccccc2)cc1. The minimum Gasteiger partial charge on any atom is -0.417 e. The lowest BCUT2D eigenvalue weighted by molar-refractivity contribution is 0.441. The van der Waals surface area contributed by atoms with Crippen molar-refractivity contribution in [3.05, 3.63) is 134 Å². The molecule has 5 nitrogen and oxygen atoms in total. The zero-order chi connectivity index (χ0) is 24.9. The van der Waals surface area contributed by atoms with E-state index in [4.69, 9.17) is 24.7 Å². The van der Waals surface area contributed by atoms with Crippen LogP contribution in [-0.2, 0) is 0 Å².